The number of alkyl halides is 7. The first-order chi connectivity index (χ1) is 7.06. The Bertz CT molecular complexity index is 206. The fraction of sp³-hybridized carbons (Fsp3) is 1.00. The Balaban J connectivity index is 4.41. The summed E-state index contributed by atoms with van der Waals surface area (Å²) in [6.45, 7) is 1.77. The van der Waals surface area contributed by atoms with Crippen LogP contribution in [0.1, 0.15) is 39.0 Å². The first kappa shape index (κ1) is 15.5. The smallest absolute Gasteiger partial charge is 0.200 e. The van der Waals surface area contributed by atoms with Crippen molar-refractivity contribution in [1.82, 2.24) is 0 Å². The summed E-state index contributed by atoms with van der Waals surface area (Å²) in [4.78, 5) is 0. The van der Waals surface area contributed by atoms with Gasteiger partial charge in [-0.3, -0.25) is 0 Å². The van der Waals surface area contributed by atoms with Gasteiger partial charge in [0.1, 0.15) is 0 Å². The van der Waals surface area contributed by atoms with Crippen LogP contribution in [-0.4, -0.2) is 18.0 Å². The minimum Gasteiger partial charge on any atom is -0.200 e. The van der Waals surface area contributed by atoms with Crippen LogP contribution in [0.3, 0.4) is 0 Å². The first-order valence-electron chi connectivity index (χ1n) is 4.88. The average Bonchev–Trinajstić information content (AvgIpc) is 2.10. The lowest BCUT2D eigenvalue weighted by molar-refractivity contribution is -0.355. The lowest BCUT2D eigenvalue weighted by Crippen LogP contribution is -2.51. The molecule has 0 N–H and O–H groups in total. The predicted molar refractivity (Wildman–Crippen MR) is 44.7 cm³/mol. The standard InChI is InChI=1S/C9H13F7/c1-2-3-4-5-6-7(10,11)8(12,13)9(14,15)16/h2-6H2,1H3. The molecule has 0 radical (unpaired) electrons. The highest BCUT2D eigenvalue weighted by Gasteiger charge is 2.72. The van der Waals surface area contributed by atoms with E-state index in [2.05, 4.69) is 0 Å². The van der Waals surface area contributed by atoms with Gasteiger partial charge in [0.05, 0.1) is 0 Å². The Morgan fingerprint density at radius 2 is 1.25 bits per heavy atom. The van der Waals surface area contributed by atoms with Gasteiger partial charge >= 0.3 is 18.0 Å². The van der Waals surface area contributed by atoms with Crippen LogP contribution in [0.15, 0.2) is 0 Å². The Hall–Kier alpha value is -0.490. The molecule has 0 bridgehead atoms. The SMILES string of the molecule is CCCCCCC(F)(F)C(F)(F)C(F)(F)F. The molecular weight excluding hydrogens is 241 g/mol. The Kier molecular flexibility index (Phi) is 5.07. The molecule has 0 aliphatic rings. The molecule has 0 heterocycles. The summed E-state index contributed by atoms with van der Waals surface area (Å²) >= 11 is 0. The molecule has 0 aromatic carbocycles. The van der Waals surface area contributed by atoms with Crippen molar-refractivity contribution < 1.29 is 30.7 Å². The second kappa shape index (κ2) is 5.23. The van der Waals surface area contributed by atoms with Crippen molar-refractivity contribution in [2.24, 2.45) is 0 Å². The van der Waals surface area contributed by atoms with E-state index in [9.17, 15) is 30.7 Å². The van der Waals surface area contributed by atoms with Crippen molar-refractivity contribution in [2.45, 2.75) is 57.0 Å². The molecule has 0 aliphatic heterocycles. The number of hydrogen-bond acceptors (Lipinski definition) is 0. The molecule has 0 saturated heterocycles. The van der Waals surface area contributed by atoms with Crippen LogP contribution in [0.5, 0.6) is 0 Å². The Morgan fingerprint density at radius 1 is 0.750 bits per heavy atom. The number of hydrogen-bond donors (Lipinski definition) is 0. The van der Waals surface area contributed by atoms with E-state index in [1.54, 1.807) is 6.92 Å². The lowest BCUT2D eigenvalue weighted by atomic mass is 10.0. The van der Waals surface area contributed by atoms with Crippen molar-refractivity contribution in [2.75, 3.05) is 0 Å². The summed E-state index contributed by atoms with van der Waals surface area (Å²) in [6, 6.07) is 0. The minimum absolute atomic E-state index is 0.222. The van der Waals surface area contributed by atoms with Crippen molar-refractivity contribution in [3.63, 3.8) is 0 Å². The van der Waals surface area contributed by atoms with E-state index < -0.39 is 24.4 Å². The zero-order valence-corrected chi connectivity index (χ0v) is 8.68. The molecular formula is C9H13F7. The Morgan fingerprint density at radius 3 is 1.62 bits per heavy atom. The molecule has 0 fully saturated rings. The quantitative estimate of drug-likeness (QED) is 0.472. The maximum atomic E-state index is 12.7. The van der Waals surface area contributed by atoms with E-state index in [1.807, 2.05) is 0 Å². The van der Waals surface area contributed by atoms with Crippen LogP contribution in [0, 0.1) is 0 Å². The van der Waals surface area contributed by atoms with E-state index >= 15 is 0 Å². The molecule has 0 aromatic rings. The third kappa shape index (κ3) is 3.52. The highest BCUT2D eigenvalue weighted by molar-refractivity contribution is 4.90. The van der Waals surface area contributed by atoms with E-state index in [-0.39, 0.29) is 12.8 Å². The predicted octanol–water partition coefficient (Wildman–Crippen LogP) is 4.79. The van der Waals surface area contributed by atoms with Crippen LogP contribution < -0.4 is 0 Å². The van der Waals surface area contributed by atoms with Crippen LogP contribution in [-0.2, 0) is 0 Å². The van der Waals surface area contributed by atoms with Gasteiger partial charge in [0.25, 0.3) is 0 Å². The summed E-state index contributed by atoms with van der Waals surface area (Å²) in [6.07, 6.45) is -6.55. The fourth-order valence-corrected chi connectivity index (χ4v) is 1.14. The van der Waals surface area contributed by atoms with Crippen molar-refractivity contribution in [1.29, 1.82) is 0 Å². The molecule has 0 aliphatic carbocycles. The molecule has 0 spiro atoms. The zero-order chi connectivity index (χ0) is 13.0. The lowest BCUT2D eigenvalue weighted by Gasteiger charge is -2.28. The molecule has 7 heteroatoms. The summed E-state index contributed by atoms with van der Waals surface area (Å²) < 4.78 is 85.0. The van der Waals surface area contributed by atoms with E-state index in [0.717, 1.165) is 0 Å². The molecule has 0 aromatic heterocycles. The van der Waals surface area contributed by atoms with Gasteiger partial charge in [-0.05, 0) is 6.42 Å². The van der Waals surface area contributed by atoms with Gasteiger partial charge in [-0.25, -0.2) is 0 Å². The number of unbranched alkanes of at least 4 members (excludes halogenated alkanes) is 3. The van der Waals surface area contributed by atoms with Crippen molar-refractivity contribution in [3.05, 3.63) is 0 Å². The zero-order valence-electron chi connectivity index (χ0n) is 8.68. The first-order valence-corrected chi connectivity index (χ1v) is 4.88. The maximum Gasteiger partial charge on any atom is 0.459 e. The topological polar surface area (TPSA) is 0 Å². The minimum atomic E-state index is -6.21. The van der Waals surface area contributed by atoms with Crippen LogP contribution in [0.4, 0.5) is 30.7 Å². The maximum absolute atomic E-state index is 12.7. The summed E-state index contributed by atoms with van der Waals surface area (Å²) in [5, 5.41) is 0. The van der Waals surface area contributed by atoms with Crippen LogP contribution >= 0.6 is 0 Å². The Labute approximate surface area is 88.8 Å². The highest BCUT2D eigenvalue weighted by Crippen LogP contribution is 2.48. The van der Waals surface area contributed by atoms with Gasteiger partial charge in [-0.2, -0.15) is 30.7 Å². The van der Waals surface area contributed by atoms with Crippen LogP contribution in [0.2, 0.25) is 0 Å². The molecule has 16 heavy (non-hydrogen) atoms. The third-order valence-corrected chi connectivity index (χ3v) is 2.16. The van der Waals surface area contributed by atoms with Crippen LogP contribution in [0.25, 0.3) is 0 Å². The molecule has 0 amide bonds. The molecule has 98 valence electrons. The third-order valence-electron chi connectivity index (χ3n) is 2.16. The van der Waals surface area contributed by atoms with Gasteiger partial charge in [0, 0.05) is 6.42 Å². The normalized spacial score (nSPS) is 14.2. The summed E-state index contributed by atoms with van der Waals surface area (Å²) in [7, 11) is 0. The monoisotopic (exact) mass is 254 g/mol. The summed E-state index contributed by atoms with van der Waals surface area (Å²) in [5.41, 5.74) is 0. The van der Waals surface area contributed by atoms with Gasteiger partial charge in [0.2, 0.25) is 0 Å². The molecule has 0 atom stereocenters. The fourth-order valence-electron chi connectivity index (χ4n) is 1.14. The summed E-state index contributed by atoms with van der Waals surface area (Å²) in [5.74, 6) is -11.0. The highest BCUT2D eigenvalue weighted by atomic mass is 19.4. The van der Waals surface area contributed by atoms with E-state index in [4.69, 9.17) is 0 Å². The van der Waals surface area contributed by atoms with Crippen molar-refractivity contribution >= 4 is 0 Å². The number of rotatable bonds is 6. The number of halogens is 7. The molecule has 0 saturated carbocycles. The van der Waals surface area contributed by atoms with Crippen molar-refractivity contribution in [3.8, 4) is 0 Å². The van der Waals surface area contributed by atoms with E-state index in [0.29, 0.717) is 12.8 Å². The van der Waals surface area contributed by atoms with E-state index in [1.165, 1.54) is 0 Å². The van der Waals surface area contributed by atoms with Gasteiger partial charge in [0.15, 0.2) is 0 Å². The van der Waals surface area contributed by atoms with Gasteiger partial charge in [-0.15, -0.1) is 0 Å². The second-order valence-corrected chi connectivity index (χ2v) is 3.59. The average molecular weight is 254 g/mol. The largest absolute Gasteiger partial charge is 0.459 e. The second-order valence-electron chi connectivity index (χ2n) is 3.59. The van der Waals surface area contributed by atoms with Gasteiger partial charge < -0.3 is 0 Å². The van der Waals surface area contributed by atoms with Gasteiger partial charge in [-0.1, -0.05) is 26.2 Å². The molecule has 0 unspecified atom stereocenters. The molecule has 0 rings (SSSR count). The molecule has 0 nitrogen and oxygen atoms in total.